The molecule has 0 unspecified atom stereocenters. The maximum Gasteiger partial charge on any atom is 0.218 e. The first-order valence-electron chi connectivity index (χ1n) is 6.63. The quantitative estimate of drug-likeness (QED) is 0.608. The van der Waals surface area contributed by atoms with Crippen molar-refractivity contribution in [1.82, 2.24) is 10.3 Å². The Morgan fingerprint density at radius 2 is 2.16 bits per heavy atom. The predicted molar refractivity (Wildman–Crippen MR) is 78.2 cm³/mol. The van der Waals surface area contributed by atoms with Gasteiger partial charge in [0.1, 0.15) is 0 Å². The van der Waals surface area contributed by atoms with Gasteiger partial charge in [-0.2, -0.15) is 0 Å². The summed E-state index contributed by atoms with van der Waals surface area (Å²) in [6.45, 7) is 9.47. The Kier molecular flexibility index (Phi) is 6.12. The first-order valence-corrected chi connectivity index (χ1v) is 6.63. The van der Waals surface area contributed by atoms with Crippen molar-refractivity contribution in [3.05, 3.63) is 23.9 Å². The Balaban J connectivity index is 2.63. The smallest absolute Gasteiger partial charge is 0.218 e. The van der Waals surface area contributed by atoms with Crippen molar-refractivity contribution in [2.24, 2.45) is 16.6 Å². The van der Waals surface area contributed by atoms with Crippen molar-refractivity contribution in [2.75, 3.05) is 6.54 Å². The lowest BCUT2D eigenvalue weighted by molar-refractivity contribution is 0.230. The summed E-state index contributed by atoms with van der Waals surface area (Å²) < 4.78 is 5.63. The first kappa shape index (κ1) is 15.3. The zero-order chi connectivity index (χ0) is 14.3. The summed E-state index contributed by atoms with van der Waals surface area (Å²) in [6, 6.07) is 3.82. The average molecular weight is 264 g/mol. The third kappa shape index (κ3) is 6.08. The number of ether oxygens (including phenoxy) is 1. The van der Waals surface area contributed by atoms with Crippen molar-refractivity contribution in [3.63, 3.8) is 0 Å². The highest BCUT2D eigenvalue weighted by atomic mass is 16.5. The number of hydrogen-bond donors (Lipinski definition) is 2. The van der Waals surface area contributed by atoms with Gasteiger partial charge in [-0.25, -0.2) is 9.98 Å². The van der Waals surface area contributed by atoms with E-state index in [1.165, 1.54) is 0 Å². The van der Waals surface area contributed by atoms with Gasteiger partial charge in [0.05, 0.1) is 12.6 Å². The minimum atomic E-state index is 0.0917. The maximum absolute atomic E-state index is 5.80. The van der Waals surface area contributed by atoms with Crippen molar-refractivity contribution in [2.45, 2.75) is 40.3 Å². The summed E-state index contributed by atoms with van der Waals surface area (Å²) in [5.74, 6) is 1.61. The van der Waals surface area contributed by atoms with E-state index in [4.69, 9.17) is 10.5 Å². The highest BCUT2D eigenvalue weighted by Crippen LogP contribution is 2.16. The Hall–Kier alpha value is -1.78. The van der Waals surface area contributed by atoms with Crippen LogP contribution in [-0.2, 0) is 6.54 Å². The topological polar surface area (TPSA) is 72.5 Å². The SMILES string of the molecule is CC(C)CNC(N)=NCc1cccnc1OC(C)C. The van der Waals surface area contributed by atoms with Crippen molar-refractivity contribution in [1.29, 1.82) is 0 Å². The van der Waals surface area contributed by atoms with E-state index in [1.54, 1.807) is 6.20 Å². The highest BCUT2D eigenvalue weighted by molar-refractivity contribution is 5.77. The number of nitrogens with zero attached hydrogens (tertiary/aromatic N) is 2. The number of nitrogens with one attached hydrogen (secondary N) is 1. The third-order valence-corrected chi connectivity index (χ3v) is 2.31. The Labute approximate surface area is 115 Å². The minimum absolute atomic E-state index is 0.0917. The molecule has 0 aliphatic carbocycles. The van der Waals surface area contributed by atoms with Crippen molar-refractivity contribution < 1.29 is 4.74 Å². The summed E-state index contributed by atoms with van der Waals surface area (Å²) >= 11 is 0. The fourth-order valence-electron chi connectivity index (χ4n) is 1.41. The highest BCUT2D eigenvalue weighted by Gasteiger charge is 2.06. The number of rotatable bonds is 6. The van der Waals surface area contributed by atoms with Crippen molar-refractivity contribution >= 4 is 5.96 Å². The fourth-order valence-corrected chi connectivity index (χ4v) is 1.41. The molecule has 19 heavy (non-hydrogen) atoms. The van der Waals surface area contributed by atoms with E-state index in [-0.39, 0.29) is 6.10 Å². The third-order valence-electron chi connectivity index (χ3n) is 2.31. The molecule has 0 saturated carbocycles. The molecule has 0 aromatic carbocycles. The molecule has 1 rings (SSSR count). The molecular formula is C14H24N4O. The molecule has 5 nitrogen and oxygen atoms in total. The second-order valence-electron chi connectivity index (χ2n) is 5.11. The number of aromatic nitrogens is 1. The molecule has 0 spiro atoms. The lowest BCUT2D eigenvalue weighted by Crippen LogP contribution is -2.34. The van der Waals surface area contributed by atoms with Crippen LogP contribution in [0.1, 0.15) is 33.3 Å². The molecule has 0 saturated heterocycles. The molecule has 3 N–H and O–H groups in total. The lowest BCUT2D eigenvalue weighted by atomic mass is 10.2. The van der Waals surface area contributed by atoms with Crippen LogP contribution in [-0.4, -0.2) is 23.6 Å². The molecule has 0 atom stereocenters. The molecule has 0 aliphatic rings. The van der Waals surface area contributed by atoms with Crippen LogP contribution in [0.25, 0.3) is 0 Å². The number of aliphatic imine (C=N–C) groups is 1. The van der Waals surface area contributed by atoms with E-state index in [0.717, 1.165) is 12.1 Å². The molecule has 0 radical (unpaired) electrons. The van der Waals surface area contributed by atoms with Gasteiger partial charge >= 0.3 is 0 Å². The van der Waals surface area contributed by atoms with Crippen LogP contribution >= 0.6 is 0 Å². The second kappa shape index (κ2) is 7.61. The van der Waals surface area contributed by atoms with Gasteiger partial charge in [0.2, 0.25) is 5.88 Å². The zero-order valence-electron chi connectivity index (χ0n) is 12.2. The van der Waals surface area contributed by atoms with Crippen LogP contribution in [0.3, 0.4) is 0 Å². The number of guanidine groups is 1. The molecule has 1 heterocycles. The number of hydrogen-bond acceptors (Lipinski definition) is 3. The average Bonchev–Trinajstić information content (AvgIpc) is 2.34. The normalized spacial score (nSPS) is 12.0. The molecule has 0 amide bonds. The Bertz CT molecular complexity index is 416. The molecule has 106 valence electrons. The van der Waals surface area contributed by atoms with Crippen LogP contribution in [0.4, 0.5) is 0 Å². The standard InChI is InChI=1S/C14H24N4O/c1-10(2)8-17-14(15)18-9-12-6-5-7-16-13(12)19-11(3)4/h5-7,10-11H,8-9H2,1-4H3,(H3,15,17,18). The molecule has 1 aromatic rings. The van der Waals surface area contributed by atoms with Crippen LogP contribution in [0.2, 0.25) is 0 Å². The lowest BCUT2D eigenvalue weighted by Gasteiger charge is -2.12. The van der Waals surface area contributed by atoms with E-state index in [2.05, 4.69) is 29.1 Å². The summed E-state index contributed by atoms with van der Waals surface area (Å²) in [7, 11) is 0. The van der Waals surface area contributed by atoms with Gasteiger partial charge in [0.25, 0.3) is 0 Å². The van der Waals surface area contributed by atoms with Crippen LogP contribution in [0.5, 0.6) is 5.88 Å². The number of nitrogens with two attached hydrogens (primary N) is 1. The fraction of sp³-hybridized carbons (Fsp3) is 0.571. The van der Waals surface area contributed by atoms with E-state index in [0.29, 0.717) is 24.3 Å². The van der Waals surface area contributed by atoms with Gasteiger partial charge in [0.15, 0.2) is 5.96 Å². The first-order chi connectivity index (χ1) is 8.99. The number of pyridine rings is 1. The summed E-state index contributed by atoms with van der Waals surface area (Å²) in [6.07, 6.45) is 1.81. The van der Waals surface area contributed by atoms with Gasteiger partial charge in [-0.15, -0.1) is 0 Å². The van der Waals surface area contributed by atoms with Gasteiger partial charge < -0.3 is 15.8 Å². The van der Waals surface area contributed by atoms with Crippen LogP contribution in [0.15, 0.2) is 23.3 Å². The molecule has 0 aliphatic heterocycles. The van der Waals surface area contributed by atoms with Crippen LogP contribution in [0, 0.1) is 5.92 Å². The summed E-state index contributed by atoms with van der Waals surface area (Å²) in [5, 5.41) is 3.08. The minimum Gasteiger partial charge on any atom is -0.475 e. The maximum atomic E-state index is 5.80. The molecule has 0 bridgehead atoms. The monoisotopic (exact) mass is 264 g/mol. The zero-order valence-corrected chi connectivity index (χ0v) is 12.2. The van der Waals surface area contributed by atoms with Gasteiger partial charge in [-0.3, -0.25) is 0 Å². The summed E-state index contributed by atoms with van der Waals surface area (Å²) in [4.78, 5) is 8.52. The molecule has 1 aromatic heterocycles. The summed E-state index contributed by atoms with van der Waals surface area (Å²) in [5.41, 5.74) is 6.73. The Morgan fingerprint density at radius 3 is 2.79 bits per heavy atom. The largest absolute Gasteiger partial charge is 0.475 e. The van der Waals surface area contributed by atoms with Crippen LogP contribution < -0.4 is 15.8 Å². The van der Waals surface area contributed by atoms with E-state index in [1.807, 2.05) is 26.0 Å². The predicted octanol–water partition coefficient (Wildman–Crippen LogP) is 1.93. The second-order valence-corrected chi connectivity index (χ2v) is 5.11. The van der Waals surface area contributed by atoms with E-state index in [9.17, 15) is 0 Å². The molecule has 5 heteroatoms. The van der Waals surface area contributed by atoms with E-state index < -0.39 is 0 Å². The van der Waals surface area contributed by atoms with Gasteiger partial charge in [0, 0.05) is 18.3 Å². The molecular weight excluding hydrogens is 240 g/mol. The molecule has 0 fully saturated rings. The van der Waals surface area contributed by atoms with Crippen molar-refractivity contribution in [3.8, 4) is 5.88 Å². The Morgan fingerprint density at radius 1 is 1.42 bits per heavy atom. The van der Waals surface area contributed by atoms with E-state index >= 15 is 0 Å². The van der Waals surface area contributed by atoms with Gasteiger partial charge in [-0.1, -0.05) is 19.9 Å². The van der Waals surface area contributed by atoms with Gasteiger partial charge in [-0.05, 0) is 25.8 Å².